The number of ether oxygens (including phenoxy) is 2. The van der Waals surface area contributed by atoms with E-state index in [1.54, 1.807) is 22.8 Å². The van der Waals surface area contributed by atoms with Crippen LogP contribution < -0.4 is 14.8 Å². The fraction of sp³-hybridized carbons (Fsp3) is 0.278. The standard InChI is InChI=1S/C18H16N4O3/c23-17(13-4-3-9-22-16(13)19-11-20-22)21-12-5-6-14-15(10-12)25-18(24-14)7-1-2-8-18/h3-6,9-11H,1-2,7-8H2,(H,21,23). The Bertz CT molecular complexity index is 975. The molecule has 7 heteroatoms. The second-order valence-corrected chi connectivity index (χ2v) is 6.39. The van der Waals surface area contributed by atoms with Crippen LogP contribution in [0, 0.1) is 0 Å². The number of amides is 1. The Labute approximate surface area is 143 Å². The molecule has 0 atom stereocenters. The minimum Gasteiger partial charge on any atom is -0.448 e. The molecule has 2 aromatic heterocycles. The summed E-state index contributed by atoms with van der Waals surface area (Å²) < 4.78 is 13.6. The summed E-state index contributed by atoms with van der Waals surface area (Å²) in [4.78, 5) is 16.7. The maximum Gasteiger partial charge on any atom is 0.259 e. The van der Waals surface area contributed by atoms with Crippen LogP contribution in [0.5, 0.6) is 11.5 Å². The average Bonchev–Trinajstić information content (AvgIpc) is 3.33. The molecule has 5 rings (SSSR count). The van der Waals surface area contributed by atoms with E-state index in [4.69, 9.17) is 9.47 Å². The number of fused-ring (bicyclic) bond motifs is 2. The summed E-state index contributed by atoms with van der Waals surface area (Å²) in [5.41, 5.74) is 1.64. The highest BCUT2D eigenvalue weighted by atomic mass is 16.7. The number of benzene rings is 1. The predicted octanol–water partition coefficient (Wildman–Crippen LogP) is 3.02. The summed E-state index contributed by atoms with van der Waals surface area (Å²) in [5, 5.41) is 6.94. The molecule has 3 aromatic rings. The zero-order valence-electron chi connectivity index (χ0n) is 13.4. The van der Waals surface area contributed by atoms with Crippen molar-refractivity contribution in [2.75, 3.05) is 5.32 Å². The Morgan fingerprint density at radius 3 is 2.88 bits per heavy atom. The van der Waals surface area contributed by atoms with Crippen LogP contribution in [-0.4, -0.2) is 26.3 Å². The van der Waals surface area contributed by atoms with Gasteiger partial charge >= 0.3 is 0 Å². The van der Waals surface area contributed by atoms with Crippen LogP contribution in [-0.2, 0) is 0 Å². The third-order valence-electron chi connectivity index (χ3n) is 4.71. The second-order valence-electron chi connectivity index (χ2n) is 6.39. The maximum absolute atomic E-state index is 12.6. The Hall–Kier alpha value is -3.09. The van der Waals surface area contributed by atoms with Crippen LogP contribution in [0.15, 0.2) is 42.9 Å². The lowest BCUT2D eigenvalue weighted by molar-refractivity contribution is -0.0716. The number of hydrogen-bond donors (Lipinski definition) is 1. The van der Waals surface area contributed by atoms with E-state index in [9.17, 15) is 4.79 Å². The monoisotopic (exact) mass is 336 g/mol. The number of carbonyl (C=O) groups excluding carboxylic acids is 1. The molecule has 1 aliphatic heterocycles. The van der Waals surface area contributed by atoms with Gasteiger partial charge in [-0.25, -0.2) is 9.50 Å². The van der Waals surface area contributed by atoms with Crippen LogP contribution in [0.25, 0.3) is 5.65 Å². The molecule has 1 aliphatic carbocycles. The lowest BCUT2D eigenvalue weighted by Crippen LogP contribution is -2.34. The van der Waals surface area contributed by atoms with Gasteiger partial charge in [0.1, 0.15) is 6.33 Å². The SMILES string of the molecule is O=C(Nc1ccc2c(c1)OC1(CCCC1)O2)c1cccn2ncnc12. The molecular weight excluding hydrogens is 320 g/mol. The zero-order chi connectivity index (χ0) is 16.9. The highest BCUT2D eigenvalue weighted by Crippen LogP contribution is 2.47. The quantitative estimate of drug-likeness (QED) is 0.778. The van der Waals surface area contributed by atoms with Gasteiger partial charge < -0.3 is 14.8 Å². The van der Waals surface area contributed by atoms with Crippen molar-refractivity contribution in [3.63, 3.8) is 0 Å². The van der Waals surface area contributed by atoms with Crippen molar-refractivity contribution >= 4 is 17.2 Å². The summed E-state index contributed by atoms with van der Waals surface area (Å²) >= 11 is 0. The molecule has 0 unspecified atom stereocenters. The molecule has 1 aromatic carbocycles. The molecule has 0 saturated heterocycles. The fourth-order valence-electron chi connectivity index (χ4n) is 3.51. The topological polar surface area (TPSA) is 77.8 Å². The Morgan fingerprint density at radius 1 is 1.16 bits per heavy atom. The van der Waals surface area contributed by atoms with Gasteiger partial charge in [0, 0.05) is 30.8 Å². The van der Waals surface area contributed by atoms with Crippen molar-refractivity contribution in [1.82, 2.24) is 14.6 Å². The van der Waals surface area contributed by atoms with Crippen LogP contribution in [0.2, 0.25) is 0 Å². The third kappa shape index (κ3) is 2.31. The number of nitrogens with zero attached hydrogens (tertiary/aromatic N) is 3. The van der Waals surface area contributed by atoms with E-state index in [2.05, 4.69) is 15.4 Å². The number of carbonyl (C=O) groups is 1. The molecule has 2 aliphatic rings. The van der Waals surface area contributed by atoms with E-state index in [1.807, 2.05) is 18.2 Å². The van der Waals surface area contributed by atoms with Gasteiger partial charge in [-0.3, -0.25) is 4.79 Å². The highest BCUT2D eigenvalue weighted by molar-refractivity contribution is 6.08. The van der Waals surface area contributed by atoms with Crippen molar-refractivity contribution in [2.45, 2.75) is 31.5 Å². The van der Waals surface area contributed by atoms with Gasteiger partial charge in [0.25, 0.3) is 11.7 Å². The predicted molar refractivity (Wildman–Crippen MR) is 89.8 cm³/mol. The van der Waals surface area contributed by atoms with Crippen LogP contribution in [0.3, 0.4) is 0 Å². The zero-order valence-corrected chi connectivity index (χ0v) is 13.4. The molecule has 1 saturated carbocycles. The molecule has 0 bridgehead atoms. The van der Waals surface area contributed by atoms with Gasteiger partial charge in [-0.2, -0.15) is 5.10 Å². The number of aromatic nitrogens is 3. The molecule has 1 fully saturated rings. The van der Waals surface area contributed by atoms with E-state index in [0.29, 0.717) is 22.6 Å². The summed E-state index contributed by atoms with van der Waals surface area (Å²) in [7, 11) is 0. The summed E-state index contributed by atoms with van der Waals surface area (Å²) in [6.45, 7) is 0. The summed E-state index contributed by atoms with van der Waals surface area (Å²) in [6.07, 6.45) is 7.20. The number of nitrogens with one attached hydrogen (secondary N) is 1. The smallest absolute Gasteiger partial charge is 0.259 e. The number of anilines is 1. The van der Waals surface area contributed by atoms with E-state index < -0.39 is 5.79 Å². The number of rotatable bonds is 2. The fourth-order valence-corrected chi connectivity index (χ4v) is 3.51. The van der Waals surface area contributed by atoms with Crippen LogP contribution >= 0.6 is 0 Å². The first-order valence-electron chi connectivity index (χ1n) is 8.34. The lowest BCUT2D eigenvalue weighted by Gasteiger charge is -2.21. The molecule has 1 spiro atoms. The molecule has 126 valence electrons. The first-order valence-corrected chi connectivity index (χ1v) is 8.34. The van der Waals surface area contributed by atoms with Gasteiger partial charge in [0.05, 0.1) is 5.56 Å². The Kier molecular flexibility index (Phi) is 2.97. The number of hydrogen-bond acceptors (Lipinski definition) is 5. The summed E-state index contributed by atoms with van der Waals surface area (Å²) in [5.74, 6) is 0.672. The first kappa shape index (κ1) is 14.3. The highest BCUT2D eigenvalue weighted by Gasteiger charge is 2.44. The largest absolute Gasteiger partial charge is 0.448 e. The van der Waals surface area contributed by atoms with Crippen molar-refractivity contribution in [3.05, 3.63) is 48.4 Å². The normalized spacial score (nSPS) is 17.3. The van der Waals surface area contributed by atoms with Gasteiger partial charge in [-0.1, -0.05) is 0 Å². The van der Waals surface area contributed by atoms with Gasteiger partial charge in [0.2, 0.25) is 0 Å². The first-order chi connectivity index (χ1) is 12.2. The molecule has 7 nitrogen and oxygen atoms in total. The maximum atomic E-state index is 12.6. The molecule has 25 heavy (non-hydrogen) atoms. The van der Waals surface area contributed by atoms with E-state index in [-0.39, 0.29) is 5.91 Å². The van der Waals surface area contributed by atoms with Crippen molar-refractivity contribution in [2.24, 2.45) is 0 Å². The van der Waals surface area contributed by atoms with Crippen LogP contribution in [0.1, 0.15) is 36.0 Å². The van der Waals surface area contributed by atoms with Crippen LogP contribution in [0.4, 0.5) is 5.69 Å². The minimum absolute atomic E-state index is 0.243. The van der Waals surface area contributed by atoms with Crippen molar-refractivity contribution in [3.8, 4) is 11.5 Å². The van der Waals surface area contributed by atoms with E-state index in [1.165, 1.54) is 6.33 Å². The molecule has 1 N–H and O–H groups in total. The van der Waals surface area contributed by atoms with Gasteiger partial charge in [-0.15, -0.1) is 0 Å². The average molecular weight is 336 g/mol. The van der Waals surface area contributed by atoms with Crippen molar-refractivity contribution < 1.29 is 14.3 Å². The summed E-state index contributed by atoms with van der Waals surface area (Å²) in [6, 6.07) is 8.96. The van der Waals surface area contributed by atoms with Gasteiger partial charge in [-0.05, 0) is 37.1 Å². The Morgan fingerprint density at radius 2 is 2.00 bits per heavy atom. The number of pyridine rings is 1. The van der Waals surface area contributed by atoms with Gasteiger partial charge in [0.15, 0.2) is 17.1 Å². The molecular formula is C18H16N4O3. The molecule has 3 heterocycles. The Balaban J connectivity index is 1.40. The van der Waals surface area contributed by atoms with E-state index in [0.717, 1.165) is 31.4 Å². The molecule has 0 radical (unpaired) electrons. The van der Waals surface area contributed by atoms with Crippen molar-refractivity contribution in [1.29, 1.82) is 0 Å². The minimum atomic E-state index is -0.502. The lowest BCUT2D eigenvalue weighted by atomic mass is 10.2. The third-order valence-corrected chi connectivity index (χ3v) is 4.71. The molecule has 1 amide bonds. The second kappa shape index (κ2) is 5.20. The van der Waals surface area contributed by atoms with E-state index >= 15 is 0 Å².